The summed E-state index contributed by atoms with van der Waals surface area (Å²) in [4.78, 5) is 14.7. The number of alkyl halides is 1. The number of hydrogen-bond acceptors (Lipinski definition) is 5. The predicted octanol–water partition coefficient (Wildman–Crippen LogP) is 3.65. The molecule has 18 heavy (non-hydrogen) atoms. The predicted molar refractivity (Wildman–Crippen MR) is 75.8 cm³/mol. The molecule has 0 amide bonds. The third-order valence-corrected chi connectivity index (χ3v) is 3.44. The lowest BCUT2D eigenvalue weighted by Crippen LogP contribution is -2.02. The molecule has 0 N–H and O–H groups in total. The van der Waals surface area contributed by atoms with Crippen molar-refractivity contribution in [1.29, 1.82) is 0 Å². The number of ether oxygens (including phenoxy) is 1. The highest BCUT2D eigenvalue weighted by atomic mass is 79.9. The van der Waals surface area contributed by atoms with E-state index >= 15 is 0 Å². The lowest BCUT2D eigenvalue weighted by atomic mass is 10.4. The number of hydrogen-bond donors (Lipinski definition) is 0. The molecule has 0 atom stereocenters. The van der Waals surface area contributed by atoms with Crippen LogP contribution in [0.2, 0.25) is 0 Å². The third kappa shape index (κ3) is 4.81. The molecule has 0 fully saturated rings. The van der Waals surface area contributed by atoms with Crippen LogP contribution in [0.1, 0.15) is 20.3 Å². The molecule has 0 radical (unpaired) electrons. The molecule has 0 saturated carbocycles. The monoisotopic (exact) mass is 334 g/mol. The first-order valence-electron chi connectivity index (χ1n) is 5.55. The Bertz CT molecular complexity index is 415. The summed E-state index contributed by atoms with van der Waals surface area (Å²) in [6.07, 6.45) is 0.866. The number of pyridine rings is 1. The van der Waals surface area contributed by atoms with Crippen LogP contribution in [0.5, 0.6) is 5.88 Å². The average Bonchev–Trinajstić information content (AvgIpc) is 2.28. The molecule has 0 aliphatic heterocycles. The van der Waals surface area contributed by atoms with Crippen LogP contribution in [0.4, 0.5) is 5.69 Å². The maximum atomic E-state index is 10.9. The van der Waals surface area contributed by atoms with Gasteiger partial charge >= 0.3 is 5.69 Å². The molecule has 0 aliphatic carbocycles. The lowest BCUT2D eigenvalue weighted by molar-refractivity contribution is -0.388. The van der Waals surface area contributed by atoms with Crippen molar-refractivity contribution in [2.75, 3.05) is 11.9 Å². The maximum Gasteiger partial charge on any atom is 0.301 e. The van der Waals surface area contributed by atoms with Crippen LogP contribution in [0.25, 0.3) is 0 Å². The summed E-state index contributed by atoms with van der Waals surface area (Å²) in [5, 5.41) is 12.4. The molecule has 7 heteroatoms. The second-order valence-electron chi connectivity index (χ2n) is 3.79. The Morgan fingerprint density at radius 2 is 2.28 bits per heavy atom. The van der Waals surface area contributed by atoms with E-state index in [2.05, 4.69) is 20.9 Å². The smallest absolute Gasteiger partial charge is 0.301 e. The van der Waals surface area contributed by atoms with Crippen molar-refractivity contribution in [3.63, 3.8) is 0 Å². The van der Waals surface area contributed by atoms with Crippen LogP contribution < -0.4 is 4.74 Å². The van der Waals surface area contributed by atoms with Crippen LogP contribution >= 0.6 is 27.7 Å². The van der Waals surface area contributed by atoms with Crippen LogP contribution in [0.15, 0.2) is 17.2 Å². The number of thioether (sulfide) groups is 1. The van der Waals surface area contributed by atoms with Crippen LogP contribution in [0, 0.1) is 10.1 Å². The zero-order valence-electron chi connectivity index (χ0n) is 10.3. The Labute approximate surface area is 119 Å². The Morgan fingerprint density at radius 1 is 1.56 bits per heavy atom. The number of nitrogens with zero attached hydrogens (tertiary/aromatic N) is 2. The summed E-state index contributed by atoms with van der Waals surface area (Å²) in [5.41, 5.74) is 0.0292. The van der Waals surface area contributed by atoms with E-state index in [0.29, 0.717) is 17.5 Å². The molecule has 1 rings (SSSR count). The third-order valence-electron chi connectivity index (χ3n) is 1.89. The van der Waals surface area contributed by atoms with Gasteiger partial charge in [-0.25, -0.2) is 0 Å². The molecule has 0 aromatic carbocycles. The molecule has 0 saturated heterocycles. The fraction of sp³-hybridized carbons (Fsp3) is 0.545. The summed E-state index contributed by atoms with van der Waals surface area (Å²) in [6.45, 7) is 4.48. The van der Waals surface area contributed by atoms with Gasteiger partial charge in [0.15, 0.2) is 5.03 Å². The zero-order valence-corrected chi connectivity index (χ0v) is 12.7. The minimum Gasteiger partial charge on any atom is -0.478 e. The second-order valence-corrected chi connectivity index (χ2v) is 6.15. The van der Waals surface area contributed by atoms with Crippen molar-refractivity contribution in [2.24, 2.45) is 0 Å². The number of nitro groups is 1. The average molecular weight is 335 g/mol. The highest BCUT2D eigenvalue weighted by molar-refractivity contribution is 9.09. The fourth-order valence-corrected chi connectivity index (χ4v) is 2.26. The van der Waals surface area contributed by atoms with E-state index < -0.39 is 4.92 Å². The highest BCUT2D eigenvalue weighted by Gasteiger charge is 2.18. The molecule has 1 aromatic rings. The Kier molecular flexibility index (Phi) is 6.42. The Balaban J connectivity index is 2.87. The van der Waals surface area contributed by atoms with Gasteiger partial charge in [-0.3, -0.25) is 10.1 Å². The molecule has 100 valence electrons. The highest BCUT2D eigenvalue weighted by Crippen LogP contribution is 2.31. The van der Waals surface area contributed by atoms with Gasteiger partial charge in [0.05, 0.1) is 11.5 Å². The number of halogens is 1. The second kappa shape index (κ2) is 7.58. The topological polar surface area (TPSA) is 65.3 Å². The van der Waals surface area contributed by atoms with E-state index in [9.17, 15) is 10.1 Å². The number of rotatable bonds is 7. The van der Waals surface area contributed by atoms with E-state index in [0.717, 1.165) is 11.8 Å². The number of aromatic nitrogens is 1. The minimum absolute atomic E-state index is 0.0292. The quantitative estimate of drug-likeness (QED) is 0.250. The van der Waals surface area contributed by atoms with Gasteiger partial charge in [0.1, 0.15) is 0 Å². The largest absolute Gasteiger partial charge is 0.478 e. The summed E-state index contributed by atoms with van der Waals surface area (Å²) in [6, 6.07) is 2.98. The molecule has 0 unspecified atom stereocenters. The first-order chi connectivity index (χ1) is 8.54. The van der Waals surface area contributed by atoms with E-state index in [-0.39, 0.29) is 10.9 Å². The Morgan fingerprint density at radius 3 is 2.83 bits per heavy atom. The van der Waals surface area contributed by atoms with Crippen LogP contribution in [0.3, 0.4) is 0 Å². The van der Waals surface area contributed by atoms with E-state index in [1.807, 2.05) is 13.8 Å². The van der Waals surface area contributed by atoms with Crippen molar-refractivity contribution in [3.05, 3.63) is 22.2 Å². The van der Waals surface area contributed by atoms with Crippen molar-refractivity contribution in [2.45, 2.75) is 30.5 Å². The zero-order chi connectivity index (χ0) is 13.5. The SMILES string of the molecule is CC(C)Sc1nc(OCCCBr)ccc1[N+](=O)[O-]. The standard InChI is InChI=1S/C11H15BrN2O3S/c1-8(2)18-11-9(14(15)16)4-5-10(13-11)17-7-3-6-12/h4-5,8H,3,6-7H2,1-2H3. The minimum atomic E-state index is -0.417. The molecule has 1 heterocycles. The van der Waals surface area contributed by atoms with E-state index in [4.69, 9.17) is 4.74 Å². The van der Waals surface area contributed by atoms with Gasteiger partial charge in [-0.2, -0.15) is 4.98 Å². The summed E-state index contributed by atoms with van der Waals surface area (Å²) >= 11 is 4.67. The lowest BCUT2D eigenvalue weighted by Gasteiger charge is -2.08. The molecule has 0 spiro atoms. The first-order valence-corrected chi connectivity index (χ1v) is 7.55. The van der Waals surface area contributed by atoms with Crippen molar-refractivity contribution >= 4 is 33.4 Å². The molecule has 0 aliphatic rings. The van der Waals surface area contributed by atoms with Gasteiger partial charge in [0.25, 0.3) is 0 Å². The normalized spacial score (nSPS) is 10.7. The summed E-state index contributed by atoms with van der Waals surface area (Å²) < 4.78 is 5.43. The molecule has 0 bridgehead atoms. The first kappa shape index (κ1) is 15.2. The molecular formula is C11H15BrN2O3S. The van der Waals surface area contributed by atoms with Gasteiger partial charge in [0, 0.05) is 22.7 Å². The maximum absolute atomic E-state index is 10.9. The van der Waals surface area contributed by atoms with Crippen molar-refractivity contribution in [1.82, 2.24) is 4.98 Å². The van der Waals surface area contributed by atoms with Gasteiger partial charge < -0.3 is 4.74 Å². The van der Waals surface area contributed by atoms with Crippen molar-refractivity contribution in [3.8, 4) is 5.88 Å². The molecular weight excluding hydrogens is 320 g/mol. The van der Waals surface area contributed by atoms with Gasteiger partial charge in [-0.1, -0.05) is 41.5 Å². The van der Waals surface area contributed by atoms with Crippen molar-refractivity contribution < 1.29 is 9.66 Å². The van der Waals surface area contributed by atoms with Gasteiger partial charge in [-0.05, 0) is 6.42 Å². The Hall–Kier alpha value is -0.820. The van der Waals surface area contributed by atoms with Crippen LogP contribution in [-0.2, 0) is 0 Å². The van der Waals surface area contributed by atoms with E-state index in [1.165, 1.54) is 23.9 Å². The van der Waals surface area contributed by atoms with Gasteiger partial charge in [0.2, 0.25) is 5.88 Å². The van der Waals surface area contributed by atoms with E-state index in [1.54, 1.807) is 0 Å². The molecule has 5 nitrogen and oxygen atoms in total. The van der Waals surface area contributed by atoms with Crippen LogP contribution in [-0.4, -0.2) is 27.1 Å². The molecule has 1 aromatic heterocycles. The summed E-state index contributed by atoms with van der Waals surface area (Å²) in [5.74, 6) is 0.435. The van der Waals surface area contributed by atoms with Gasteiger partial charge in [-0.15, -0.1) is 0 Å². The summed E-state index contributed by atoms with van der Waals surface area (Å²) in [7, 11) is 0. The fourth-order valence-electron chi connectivity index (χ4n) is 1.18.